The van der Waals surface area contributed by atoms with E-state index in [0.29, 0.717) is 12.5 Å². The lowest BCUT2D eigenvalue weighted by molar-refractivity contribution is -0.119. The van der Waals surface area contributed by atoms with E-state index in [4.69, 9.17) is 11.0 Å². The van der Waals surface area contributed by atoms with Crippen molar-refractivity contribution in [3.8, 4) is 11.8 Å². The van der Waals surface area contributed by atoms with Crippen molar-refractivity contribution in [1.29, 1.82) is 5.26 Å². The molecule has 2 aromatic rings. The third kappa shape index (κ3) is 4.05. The Morgan fingerprint density at radius 2 is 1.86 bits per heavy atom. The van der Waals surface area contributed by atoms with Gasteiger partial charge in [0, 0.05) is 38.4 Å². The molecule has 8 nitrogen and oxygen atoms in total. The number of piperazine rings is 1. The van der Waals surface area contributed by atoms with Gasteiger partial charge in [0.1, 0.15) is 6.04 Å². The Balaban J connectivity index is 1.44. The van der Waals surface area contributed by atoms with Gasteiger partial charge in [-0.15, -0.1) is 0 Å². The average molecular weight is 393 g/mol. The van der Waals surface area contributed by atoms with E-state index in [9.17, 15) is 4.79 Å². The Labute approximate surface area is 171 Å². The molecule has 2 aliphatic rings. The van der Waals surface area contributed by atoms with Crippen LogP contribution in [0, 0.1) is 17.2 Å². The quantitative estimate of drug-likeness (QED) is 0.768. The third-order valence-electron chi connectivity index (χ3n) is 5.89. The summed E-state index contributed by atoms with van der Waals surface area (Å²) in [7, 11) is 0. The summed E-state index contributed by atoms with van der Waals surface area (Å²) in [6.07, 6.45) is 4.55. The SMILES string of the molecule is C[C@H]1C[C@@H](C(N)=O)N(c2cnn(-c3ccc(N4CCN(CC#N)CC4)cc3)c2)C1. The van der Waals surface area contributed by atoms with Crippen LogP contribution < -0.4 is 15.5 Å². The zero-order chi connectivity index (χ0) is 20.4. The minimum absolute atomic E-state index is 0.260. The Morgan fingerprint density at radius 3 is 2.52 bits per heavy atom. The Bertz CT molecular complexity index is 892. The van der Waals surface area contributed by atoms with Crippen LogP contribution in [0.3, 0.4) is 0 Å². The molecule has 0 radical (unpaired) electrons. The molecule has 4 rings (SSSR count). The first kappa shape index (κ1) is 19.3. The van der Waals surface area contributed by atoms with Crippen LogP contribution in [0.2, 0.25) is 0 Å². The normalized spacial score (nSPS) is 22.6. The number of nitrogens with two attached hydrogens (primary N) is 1. The van der Waals surface area contributed by atoms with Gasteiger partial charge in [0.2, 0.25) is 5.91 Å². The Hall–Kier alpha value is -3.05. The highest BCUT2D eigenvalue weighted by molar-refractivity contribution is 5.84. The lowest BCUT2D eigenvalue weighted by atomic mass is 10.1. The summed E-state index contributed by atoms with van der Waals surface area (Å²) in [5, 5.41) is 13.3. The van der Waals surface area contributed by atoms with Gasteiger partial charge < -0.3 is 15.5 Å². The van der Waals surface area contributed by atoms with E-state index >= 15 is 0 Å². The van der Waals surface area contributed by atoms with Crippen molar-refractivity contribution in [2.45, 2.75) is 19.4 Å². The molecule has 3 heterocycles. The summed E-state index contributed by atoms with van der Waals surface area (Å²) >= 11 is 0. The van der Waals surface area contributed by atoms with Gasteiger partial charge in [-0.25, -0.2) is 4.68 Å². The summed E-state index contributed by atoms with van der Waals surface area (Å²) in [5.74, 6) is 0.157. The van der Waals surface area contributed by atoms with E-state index in [1.165, 1.54) is 5.69 Å². The van der Waals surface area contributed by atoms with E-state index in [0.717, 1.165) is 50.5 Å². The standard InChI is InChI=1S/C21H27N7O/c1-16-12-20(21(23)29)27(14-16)19-13-24-28(15-19)18-4-2-17(3-5-18)26-10-8-25(7-6-22)9-11-26/h2-5,13,15-16,20H,7-12,14H2,1H3,(H2,23,29)/t16-,20-/m0/s1. The fraction of sp³-hybridized carbons (Fsp3) is 0.476. The third-order valence-corrected chi connectivity index (χ3v) is 5.89. The maximum Gasteiger partial charge on any atom is 0.240 e. The molecule has 0 unspecified atom stereocenters. The van der Waals surface area contributed by atoms with Gasteiger partial charge in [-0.1, -0.05) is 6.92 Å². The van der Waals surface area contributed by atoms with Crippen molar-refractivity contribution in [2.24, 2.45) is 11.7 Å². The molecule has 0 saturated carbocycles. The maximum absolute atomic E-state index is 11.8. The zero-order valence-corrected chi connectivity index (χ0v) is 16.7. The van der Waals surface area contributed by atoms with Crippen LogP contribution in [0.25, 0.3) is 5.69 Å². The number of carbonyl (C=O) groups is 1. The van der Waals surface area contributed by atoms with Gasteiger partial charge in [-0.05, 0) is 36.6 Å². The second-order valence-corrected chi connectivity index (χ2v) is 7.99. The average Bonchev–Trinajstić information content (AvgIpc) is 3.36. The van der Waals surface area contributed by atoms with Crippen molar-refractivity contribution in [2.75, 3.05) is 49.1 Å². The van der Waals surface area contributed by atoms with Gasteiger partial charge in [0.25, 0.3) is 0 Å². The Kier molecular flexibility index (Phi) is 5.41. The van der Waals surface area contributed by atoms with Crippen LogP contribution in [0.5, 0.6) is 0 Å². The summed E-state index contributed by atoms with van der Waals surface area (Å²) in [4.78, 5) is 18.4. The van der Waals surface area contributed by atoms with Crippen molar-refractivity contribution in [3.63, 3.8) is 0 Å². The molecule has 0 spiro atoms. The number of amides is 1. The summed E-state index contributed by atoms with van der Waals surface area (Å²) in [6, 6.07) is 10.3. The second kappa shape index (κ2) is 8.13. The van der Waals surface area contributed by atoms with E-state index in [-0.39, 0.29) is 11.9 Å². The minimum Gasteiger partial charge on any atom is -0.369 e. The highest BCUT2D eigenvalue weighted by atomic mass is 16.1. The highest BCUT2D eigenvalue weighted by Gasteiger charge is 2.34. The van der Waals surface area contributed by atoms with Gasteiger partial charge >= 0.3 is 0 Å². The molecule has 8 heteroatoms. The molecule has 0 bridgehead atoms. The highest BCUT2D eigenvalue weighted by Crippen LogP contribution is 2.29. The lowest BCUT2D eigenvalue weighted by Gasteiger charge is -2.35. The van der Waals surface area contributed by atoms with Crippen molar-refractivity contribution in [3.05, 3.63) is 36.7 Å². The first-order valence-electron chi connectivity index (χ1n) is 10.1. The van der Waals surface area contributed by atoms with Crippen LogP contribution >= 0.6 is 0 Å². The first-order chi connectivity index (χ1) is 14.0. The number of aromatic nitrogens is 2. The molecule has 2 saturated heterocycles. The monoisotopic (exact) mass is 393 g/mol. The lowest BCUT2D eigenvalue weighted by Crippen LogP contribution is -2.46. The number of hydrogen-bond acceptors (Lipinski definition) is 6. The van der Waals surface area contributed by atoms with Gasteiger partial charge in [0.15, 0.2) is 0 Å². The number of rotatable bonds is 5. The van der Waals surface area contributed by atoms with Gasteiger partial charge in [0.05, 0.1) is 36.4 Å². The fourth-order valence-electron chi connectivity index (χ4n) is 4.28. The first-order valence-corrected chi connectivity index (χ1v) is 10.1. The molecule has 2 N–H and O–H groups in total. The predicted octanol–water partition coefficient (Wildman–Crippen LogP) is 1.22. The number of benzene rings is 1. The topological polar surface area (TPSA) is 94.4 Å². The summed E-state index contributed by atoms with van der Waals surface area (Å²) in [5.41, 5.74) is 8.67. The van der Waals surface area contributed by atoms with Crippen LogP contribution in [0.4, 0.5) is 11.4 Å². The number of hydrogen-bond donors (Lipinski definition) is 1. The van der Waals surface area contributed by atoms with Crippen LogP contribution in [0.1, 0.15) is 13.3 Å². The second-order valence-electron chi connectivity index (χ2n) is 7.99. The molecular weight excluding hydrogens is 366 g/mol. The zero-order valence-electron chi connectivity index (χ0n) is 16.7. The van der Waals surface area contributed by atoms with Crippen molar-refractivity contribution in [1.82, 2.24) is 14.7 Å². The van der Waals surface area contributed by atoms with Gasteiger partial charge in [-0.3, -0.25) is 9.69 Å². The van der Waals surface area contributed by atoms with Crippen LogP contribution in [0.15, 0.2) is 36.7 Å². The minimum atomic E-state index is -0.277. The summed E-state index contributed by atoms with van der Waals surface area (Å²) in [6.45, 7) is 7.12. The van der Waals surface area contributed by atoms with E-state index in [2.05, 4.69) is 57.1 Å². The molecular formula is C21H27N7O. The molecule has 2 atom stereocenters. The van der Waals surface area contributed by atoms with E-state index in [1.54, 1.807) is 6.20 Å². The molecule has 1 aromatic heterocycles. The molecule has 1 amide bonds. The number of carbonyl (C=O) groups excluding carboxylic acids is 1. The molecule has 2 fully saturated rings. The van der Waals surface area contributed by atoms with Crippen molar-refractivity contribution < 1.29 is 4.79 Å². The Morgan fingerprint density at radius 1 is 1.17 bits per heavy atom. The molecule has 2 aliphatic heterocycles. The summed E-state index contributed by atoms with van der Waals surface area (Å²) < 4.78 is 1.84. The molecule has 29 heavy (non-hydrogen) atoms. The smallest absolute Gasteiger partial charge is 0.240 e. The van der Waals surface area contributed by atoms with Crippen LogP contribution in [-0.2, 0) is 4.79 Å². The molecule has 152 valence electrons. The van der Waals surface area contributed by atoms with Crippen molar-refractivity contribution >= 4 is 17.3 Å². The number of primary amides is 1. The predicted molar refractivity (Wildman–Crippen MR) is 112 cm³/mol. The number of nitriles is 1. The maximum atomic E-state index is 11.8. The fourth-order valence-corrected chi connectivity index (χ4v) is 4.28. The number of nitrogens with zero attached hydrogens (tertiary/aromatic N) is 6. The van der Waals surface area contributed by atoms with E-state index < -0.39 is 0 Å². The largest absolute Gasteiger partial charge is 0.369 e. The number of anilines is 2. The van der Waals surface area contributed by atoms with Gasteiger partial charge in [-0.2, -0.15) is 10.4 Å². The van der Waals surface area contributed by atoms with Crippen LogP contribution in [-0.4, -0.2) is 65.9 Å². The molecule has 0 aliphatic carbocycles. The molecule has 1 aromatic carbocycles. The van der Waals surface area contributed by atoms with E-state index in [1.807, 2.05) is 10.9 Å².